The van der Waals surface area contributed by atoms with Crippen LogP contribution in [0.3, 0.4) is 0 Å². The molecular weight excluding hydrogens is 340 g/mol. The first-order valence-corrected chi connectivity index (χ1v) is 9.09. The first kappa shape index (κ1) is 15.9. The zero-order chi connectivity index (χ0) is 18.2. The third kappa shape index (κ3) is 2.63. The summed E-state index contributed by atoms with van der Waals surface area (Å²) in [5, 5.41) is 0.957. The summed E-state index contributed by atoms with van der Waals surface area (Å²) in [6, 6.07) is 17.8. The van der Waals surface area contributed by atoms with Gasteiger partial charge in [-0.05, 0) is 19.1 Å². The summed E-state index contributed by atoms with van der Waals surface area (Å²) in [6.45, 7) is 3.01. The van der Waals surface area contributed by atoms with Gasteiger partial charge in [0.05, 0.1) is 18.6 Å². The molecule has 134 valence electrons. The fraction of sp³-hybridized carbons (Fsp3) is 0.182. The van der Waals surface area contributed by atoms with E-state index in [1.807, 2.05) is 61.5 Å². The predicted octanol–water partition coefficient (Wildman–Crippen LogP) is 4.89. The van der Waals surface area contributed by atoms with Crippen molar-refractivity contribution in [2.24, 2.45) is 0 Å². The Labute approximate surface area is 156 Å². The molecule has 0 aliphatic carbocycles. The molecule has 2 aromatic carbocycles. The fourth-order valence-electron chi connectivity index (χ4n) is 3.43. The average molecular weight is 358 g/mol. The molecule has 0 saturated heterocycles. The highest BCUT2D eigenvalue weighted by Gasteiger charge is 2.28. The van der Waals surface area contributed by atoms with Crippen LogP contribution in [-0.4, -0.2) is 23.2 Å². The van der Waals surface area contributed by atoms with Crippen LogP contribution in [0.2, 0.25) is 0 Å². The molecule has 27 heavy (non-hydrogen) atoms. The number of rotatable bonds is 3. The average Bonchev–Trinajstić information content (AvgIpc) is 2.98. The fourth-order valence-corrected chi connectivity index (χ4v) is 3.43. The van der Waals surface area contributed by atoms with Gasteiger partial charge in [-0.2, -0.15) is 4.98 Å². The molecule has 0 saturated carbocycles. The van der Waals surface area contributed by atoms with Gasteiger partial charge in [0.1, 0.15) is 11.3 Å². The number of para-hydroxylation sites is 1. The maximum Gasteiger partial charge on any atom is 0.221 e. The number of hydrogen-bond donors (Lipinski definition) is 0. The van der Waals surface area contributed by atoms with Crippen LogP contribution in [0.15, 0.2) is 59.0 Å². The van der Waals surface area contributed by atoms with Crippen molar-refractivity contribution in [1.82, 2.24) is 9.97 Å². The van der Waals surface area contributed by atoms with Crippen LogP contribution in [0.25, 0.3) is 33.8 Å². The van der Waals surface area contributed by atoms with E-state index in [0.29, 0.717) is 37.1 Å². The quantitative estimate of drug-likeness (QED) is 0.522. The number of aromatic nitrogens is 2. The van der Waals surface area contributed by atoms with E-state index in [1.165, 1.54) is 0 Å². The molecule has 0 fully saturated rings. The van der Waals surface area contributed by atoms with E-state index >= 15 is 0 Å². The Kier molecular flexibility index (Phi) is 3.78. The van der Waals surface area contributed by atoms with Crippen molar-refractivity contribution in [2.45, 2.75) is 13.3 Å². The van der Waals surface area contributed by atoms with Gasteiger partial charge in [0, 0.05) is 17.5 Å². The van der Waals surface area contributed by atoms with Crippen molar-refractivity contribution >= 4 is 11.0 Å². The zero-order valence-corrected chi connectivity index (χ0v) is 14.9. The molecule has 1 aliphatic heterocycles. The summed E-state index contributed by atoms with van der Waals surface area (Å²) in [5.74, 6) is 2.60. The Bertz CT molecular complexity index is 1120. The molecule has 2 aromatic heterocycles. The number of hydrogen-bond acceptors (Lipinski definition) is 5. The Morgan fingerprint density at radius 3 is 2.67 bits per heavy atom. The van der Waals surface area contributed by atoms with Gasteiger partial charge in [-0.25, -0.2) is 4.98 Å². The normalized spacial score (nSPS) is 12.8. The first-order valence-electron chi connectivity index (χ1n) is 9.09. The lowest BCUT2D eigenvalue weighted by Gasteiger charge is -2.12. The second-order valence-electron chi connectivity index (χ2n) is 6.33. The van der Waals surface area contributed by atoms with Gasteiger partial charge in [0.25, 0.3) is 0 Å². The third-order valence-electron chi connectivity index (χ3n) is 4.65. The van der Waals surface area contributed by atoms with Crippen LogP contribution in [0, 0.1) is 0 Å². The van der Waals surface area contributed by atoms with Gasteiger partial charge in [0.15, 0.2) is 17.3 Å². The lowest BCUT2D eigenvalue weighted by Crippen LogP contribution is -2.06. The van der Waals surface area contributed by atoms with Crippen LogP contribution >= 0.6 is 0 Å². The Balaban J connectivity index is 1.79. The van der Waals surface area contributed by atoms with Gasteiger partial charge in [-0.1, -0.05) is 42.5 Å². The molecule has 0 N–H and O–H groups in total. The van der Waals surface area contributed by atoms with Crippen molar-refractivity contribution < 1.29 is 13.9 Å². The van der Waals surface area contributed by atoms with Crippen LogP contribution in [0.5, 0.6) is 11.6 Å². The minimum Gasteiger partial charge on any atom is -0.488 e. The van der Waals surface area contributed by atoms with Crippen molar-refractivity contribution in [3.63, 3.8) is 0 Å². The van der Waals surface area contributed by atoms with Crippen molar-refractivity contribution in [2.75, 3.05) is 13.2 Å². The van der Waals surface area contributed by atoms with Crippen LogP contribution < -0.4 is 9.47 Å². The lowest BCUT2D eigenvalue weighted by molar-refractivity contribution is 0.309. The molecule has 1 aliphatic rings. The summed E-state index contributed by atoms with van der Waals surface area (Å²) in [5.41, 5.74) is 3.39. The molecule has 3 heterocycles. The number of ether oxygens (including phenoxy) is 2. The Hall–Kier alpha value is -3.34. The van der Waals surface area contributed by atoms with Gasteiger partial charge in [-0.15, -0.1) is 0 Å². The van der Waals surface area contributed by atoms with Crippen LogP contribution in [-0.2, 0) is 6.42 Å². The molecule has 0 atom stereocenters. The van der Waals surface area contributed by atoms with E-state index in [-0.39, 0.29) is 0 Å². The van der Waals surface area contributed by atoms with E-state index < -0.39 is 0 Å². The number of nitrogens with zero attached hydrogens (tertiary/aromatic N) is 2. The summed E-state index contributed by atoms with van der Waals surface area (Å²) in [4.78, 5) is 9.54. The predicted molar refractivity (Wildman–Crippen MR) is 103 cm³/mol. The van der Waals surface area contributed by atoms with E-state index in [1.54, 1.807) is 0 Å². The maximum absolute atomic E-state index is 6.15. The maximum atomic E-state index is 6.15. The van der Waals surface area contributed by atoms with Gasteiger partial charge >= 0.3 is 0 Å². The van der Waals surface area contributed by atoms with Crippen molar-refractivity contribution in [3.8, 4) is 34.5 Å². The molecule has 0 spiro atoms. The largest absolute Gasteiger partial charge is 0.488 e. The van der Waals surface area contributed by atoms with E-state index in [4.69, 9.17) is 18.9 Å². The van der Waals surface area contributed by atoms with E-state index in [2.05, 4.69) is 4.98 Å². The second-order valence-corrected chi connectivity index (χ2v) is 6.33. The van der Waals surface area contributed by atoms with E-state index in [0.717, 1.165) is 33.5 Å². The third-order valence-corrected chi connectivity index (χ3v) is 4.65. The Morgan fingerprint density at radius 1 is 1.00 bits per heavy atom. The lowest BCUT2D eigenvalue weighted by atomic mass is 10.1. The van der Waals surface area contributed by atoms with Crippen molar-refractivity contribution in [3.05, 3.63) is 60.2 Å². The minimum absolute atomic E-state index is 0.525. The van der Waals surface area contributed by atoms with Gasteiger partial charge in [-0.3, -0.25) is 0 Å². The molecule has 0 radical (unpaired) electrons. The standard InChI is InChI=1S/C22H18N2O3/c1-2-25-22-16-12-13-26-19-15-10-6-7-11-17(15)27-20(19)18(16)23-21(24-22)14-8-4-3-5-9-14/h3-11H,2,12-13H2,1H3. The summed E-state index contributed by atoms with van der Waals surface area (Å²) >= 11 is 0. The number of benzene rings is 2. The van der Waals surface area contributed by atoms with Crippen LogP contribution in [0.1, 0.15) is 12.5 Å². The topological polar surface area (TPSA) is 57.4 Å². The zero-order valence-electron chi connectivity index (χ0n) is 14.9. The highest BCUT2D eigenvalue weighted by atomic mass is 16.5. The highest BCUT2D eigenvalue weighted by Crippen LogP contribution is 2.44. The molecule has 0 amide bonds. The molecule has 0 bridgehead atoms. The first-order chi connectivity index (χ1) is 13.3. The smallest absolute Gasteiger partial charge is 0.221 e. The second kappa shape index (κ2) is 6.43. The van der Waals surface area contributed by atoms with Crippen molar-refractivity contribution in [1.29, 1.82) is 0 Å². The summed E-state index contributed by atoms with van der Waals surface area (Å²) < 4.78 is 18.1. The SMILES string of the molecule is CCOc1nc(-c2ccccc2)nc2c1CCOc1c-2oc2ccccc12. The summed E-state index contributed by atoms with van der Waals surface area (Å²) in [7, 11) is 0. The number of furan rings is 1. The number of fused-ring (bicyclic) bond motifs is 5. The molecule has 5 rings (SSSR count). The Morgan fingerprint density at radius 2 is 1.81 bits per heavy atom. The molecular formula is C22H18N2O3. The van der Waals surface area contributed by atoms with Gasteiger partial charge in [0.2, 0.25) is 5.88 Å². The molecule has 0 unspecified atom stereocenters. The molecule has 5 heteroatoms. The molecule has 4 aromatic rings. The highest BCUT2D eigenvalue weighted by molar-refractivity contribution is 5.92. The van der Waals surface area contributed by atoms with Gasteiger partial charge < -0.3 is 13.9 Å². The summed E-state index contributed by atoms with van der Waals surface area (Å²) in [6.07, 6.45) is 0.665. The monoisotopic (exact) mass is 358 g/mol. The van der Waals surface area contributed by atoms with Crippen LogP contribution in [0.4, 0.5) is 0 Å². The molecule has 5 nitrogen and oxygen atoms in total. The minimum atomic E-state index is 0.525. The van der Waals surface area contributed by atoms with E-state index in [9.17, 15) is 0 Å².